The number of hydrogen-bond acceptors (Lipinski definition) is 4. The summed E-state index contributed by atoms with van der Waals surface area (Å²) < 4.78 is 4.63. The summed E-state index contributed by atoms with van der Waals surface area (Å²) in [5.74, 6) is 0. The molecule has 0 saturated heterocycles. The Balaban J connectivity index is 0.825. The van der Waals surface area contributed by atoms with Crippen LogP contribution in [-0.2, 0) is 13.1 Å². The van der Waals surface area contributed by atoms with Gasteiger partial charge in [-0.25, -0.2) is 9.13 Å². The molecule has 0 fully saturated rings. The second kappa shape index (κ2) is 14.1. The van der Waals surface area contributed by atoms with E-state index in [2.05, 4.69) is 189 Å². The molecule has 0 bridgehead atoms. The summed E-state index contributed by atoms with van der Waals surface area (Å²) in [6.07, 6.45) is 13.4. The average Bonchev–Trinajstić information content (AvgIpc) is 3.18. The van der Waals surface area contributed by atoms with Crippen LogP contribution in [0.5, 0.6) is 0 Å². The van der Waals surface area contributed by atoms with Crippen molar-refractivity contribution in [2.45, 2.75) is 38.8 Å². The first-order valence-electron chi connectivity index (χ1n) is 18.0. The smallest absolute Gasteiger partial charge is 0.169 e. The number of anilines is 8. The van der Waals surface area contributed by atoms with E-state index in [1.807, 2.05) is 0 Å². The molecule has 4 aromatic carbocycles. The molecule has 8 rings (SSSR count). The zero-order valence-electron chi connectivity index (χ0n) is 29.2. The standard InChI is InChI=1S/C44H46N6/c1-45-37-15-3-7-19-41(37)49(42-20-8-4-16-38(42)45)29-13-11-27-47-31-23-35(24-32-47)36-25-33-48(34-26-36)28-12-14-30-50-43-21-9-5-17-39(43)46(2)40-18-6-10-22-44(40)50/h3-10,15-26,31-34H,11-14,27-30H2,1-2H3/q+2. The number of aryl methyl sites for hydroxylation is 2. The molecule has 0 amide bonds. The Morgan fingerprint density at radius 1 is 0.360 bits per heavy atom. The molecule has 2 aliphatic heterocycles. The molecule has 6 heteroatoms. The maximum Gasteiger partial charge on any atom is 0.169 e. The van der Waals surface area contributed by atoms with Crippen molar-refractivity contribution in [1.29, 1.82) is 0 Å². The highest BCUT2D eigenvalue weighted by molar-refractivity contribution is 5.93. The van der Waals surface area contributed by atoms with Gasteiger partial charge >= 0.3 is 0 Å². The maximum absolute atomic E-state index is 2.49. The van der Waals surface area contributed by atoms with E-state index in [1.165, 1.54) is 56.6 Å². The van der Waals surface area contributed by atoms with Crippen molar-refractivity contribution in [3.05, 3.63) is 146 Å². The third-order valence-electron chi connectivity index (χ3n) is 10.3. The minimum Gasteiger partial charge on any atom is -0.341 e. The lowest BCUT2D eigenvalue weighted by Crippen LogP contribution is -2.34. The Morgan fingerprint density at radius 3 is 0.940 bits per heavy atom. The Kier molecular flexibility index (Phi) is 8.91. The van der Waals surface area contributed by atoms with Gasteiger partial charge < -0.3 is 19.6 Å². The molecule has 6 aromatic rings. The van der Waals surface area contributed by atoms with Crippen LogP contribution in [0.3, 0.4) is 0 Å². The molecule has 0 radical (unpaired) electrons. The number of unbranched alkanes of at least 4 members (excludes halogenated alkanes) is 2. The molecule has 0 aliphatic carbocycles. The predicted octanol–water partition coefficient (Wildman–Crippen LogP) is 9.33. The summed E-state index contributed by atoms with van der Waals surface area (Å²) in [5, 5.41) is 0. The summed E-state index contributed by atoms with van der Waals surface area (Å²) in [6.45, 7) is 4.03. The molecule has 0 atom stereocenters. The first-order valence-corrected chi connectivity index (χ1v) is 18.0. The third kappa shape index (κ3) is 6.18. The predicted molar refractivity (Wildman–Crippen MR) is 207 cm³/mol. The van der Waals surface area contributed by atoms with Crippen LogP contribution in [-0.4, -0.2) is 27.2 Å². The van der Waals surface area contributed by atoms with Crippen LogP contribution in [0.2, 0.25) is 0 Å². The fraction of sp³-hybridized carbons (Fsp3) is 0.227. The van der Waals surface area contributed by atoms with Crippen molar-refractivity contribution in [1.82, 2.24) is 0 Å². The molecule has 0 saturated carbocycles. The van der Waals surface area contributed by atoms with E-state index in [0.29, 0.717) is 0 Å². The van der Waals surface area contributed by atoms with Gasteiger partial charge in [0.25, 0.3) is 0 Å². The summed E-state index contributed by atoms with van der Waals surface area (Å²) in [5.41, 5.74) is 12.7. The zero-order valence-corrected chi connectivity index (χ0v) is 29.2. The highest BCUT2D eigenvalue weighted by Gasteiger charge is 2.26. The highest BCUT2D eigenvalue weighted by atomic mass is 15.3. The van der Waals surface area contributed by atoms with E-state index in [9.17, 15) is 0 Å². The second-order valence-corrected chi connectivity index (χ2v) is 13.4. The van der Waals surface area contributed by atoms with Crippen LogP contribution in [0.4, 0.5) is 45.5 Å². The number of rotatable bonds is 11. The Morgan fingerprint density at radius 2 is 0.640 bits per heavy atom. The van der Waals surface area contributed by atoms with E-state index < -0.39 is 0 Å². The molecule has 50 heavy (non-hydrogen) atoms. The summed E-state index contributed by atoms with van der Waals surface area (Å²) in [4.78, 5) is 9.59. The maximum atomic E-state index is 2.49. The fourth-order valence-electron chi connectivity index (χ4n) is 7.63. The minimum absolute atomic E-state index is 1.00. The van der Waals surface area contributed by atoms with Gasteiger partial charge in [-0.3, -0.25) is 0 Å². The summed E-state index contributed by atoms with van der Waals surface area (Å²) in [7, 11) is 4.33. The van der Waals surface area contributed by atoms with Crippen molar-refractivity contribution >= 4 is 45.5 Å². The molecule has 250 valence electrons. The Hall–Kier alpha value is -5.62. The molecule has 0 unspecified atom stereocenters. The normalized spacial score (nSPS) is 13.1. The van der Waals surface area contributed by atoms with Crippen LogP contribution in [0, 0.1) is 0 Å². The molecule has 4 heterocycles. The van der Waals surface area contributed by atoms with Gasteiger partial charge in [0.1, 0.15) is 13.1 Å². The van der Waals surface area contributed by atoms with Crippen molar-refractivity contribution < 1.29 is 9.13 Å². The van der Waals surface area contributed by atoms with Gasteiger partial charge in [-0.05, 0) is 72.5 Å². The number of fused-ring (bicyclic) bond motifs is 4. The first-order chi connectivity index (χ1) is 24.7. The largest absolute Gasteiger partial charge is 0.341 e. The lowest BCUT2D eigenvalue weighted by Gasteiger charge is -2.38. The van der Waals surface area contributed by atoms with E-state index in [-0.39, 0.29) is 0 Å². The number of nitrogens with zero attached hydrogens (tertiary/aromatic N) is 6. The van der Waals surface area contributed by atoms with E-state index in [4.69, 9.17) is 0 Å². The molecule has 2 aromatic heterocycles. The van der Waals surface area contributed by atoms with Gasteiger partial charge in [0, 0.05) is 64.3 Å². The van der Waals surface area contributed by atoms with Crippen LogP contribution in [0.15, 0.2) is 146 Å². The molecular weight excluding hydrogens is 613 g/mol. The lowest BCUT2D eigenvalue weighted by molar-refractivity contribution is -0.697. The van der Waals surface area contributed by atoms with Gasteiger partial charge in [-0.15, -0.1) is 0 Å². The van der Waals surface area contributed by atoms with Crippen molar-refractivity contribution in [3.63, 3.8) is 0 Å². The molecular formula is C44H46N6+2. The Bertz CT molecular complexity index is 1830. The van der Waals surface area contributed by atoms with Gasteiger partial charge in [-0.1, -0.05) is 48.5 Å². The van der Waals surface area contributed by atoms with Crippen LogP contribution < -0.4 is 28.7 Å². The number of aromatic nitrogens is 2. The lowest BCUT2D eigenvalue weighted by atomic mass is 10.1. The first kappa shape index (κ1) is 31.6. The average molecular weight is 659 g/mol. The van der Waals surface area contributed by atoms with E-state index >= 15 is 0 Å². The monoisotopic (exact) mass is 658 g/mol. The zero-order chi connectivity index (χ0) is 33.9. The van der Waals surface area contributed by atoms with Gasteiger partial charge in [-0.2, -0.15) is 0 Å². The summed E-state index contributed by atoms with van der Waals surface area (Å²) in [6, 6.07) is 43.9. The van der Waals surface area contributed by atoms with Gasteiger partial charge in [0.2, 0.25) is 0 Å². The van der Waals surface area contributed by atoms with Crippen LogP contribution in [0.25, 0.3) is 11.1 Å². The molecule has 0 N–H and O–H groups in total. The SMILES string of the molecule is CN1c2ccccc2N(CCCC[n+]2ccc(-c3cc[n+](CCCCN4c5ccccc5N(C)c5ccccc54)cc3)cc2)c2ccccc21. The van der Waals surface area contributed by atoms with Crippen LogP contribution in [0.1, 0.15) is 25.7 Å². The van der Waals surface area contributed by atoms with E-state index in [0.717, 1.165) is 51.9 Å². The molecule has 2 aliphatic rings. The number of hydrogen-bond donors (Lipinski definition) is 0. The number of para-hydroxylation sites is 8. The fourth-order valence-corrected chi connectivity index (χ4v) is 7.63. The molecule has 0 spiro atoms. The van der Waals surface area contributed by atoms with Crippen molar-refractivity contribution in [2.24, 2.45) is 0 Å². The van der Waals surface area contributed by atoms with Gasteiger partial charge in [0.05, 0.1) is 45.5 Å². The summed E-state index contributed by atoms with van der Waals surface area (Å²) >= 11 is 0. The minimum atomic E-state index is 1.00. The van der Waals surface area contributed by atoms with Crippen molar-refractivity contribution in [3.8, 4) is 11.1 Å². The van der Waals surface area contributed by atoms with Crippen molar-refractivity contribution in [2.75, 3.05) is 46.8 Å². The topological polar surface area (TPSA) is 20.7 Å². The second-order valence-electron chi connectivity index (χ2n) is 13.4. The van der Waals surface area contributed by atoms with Gasteiger partial charge in [0.15, 0.2) is 24.8 Å². The van der Waals surface area contributed by atoms with Crippen LogP contribution >= 0.6 is 0 Å². The quantitative estimate of drug-likeness (QED) is 0.102. The highest BCUT2D eigenvalue weighted by Crippen LogP contribution is 2.48. The number of benzene rings is 4. The van der Waals surface area contributed by atoms with E-state index in [1.54, 1.807) is 0 Å². The Labute approximate surface area is 296 Å². The molecule has 6 nitrogen and oxygen atoms in total. The number of pyridine rings is 2. The third-order valence-corrected chi connectivity index (χ3v) is 10.3.